The topological polar surface area (TPSA) is 122 Å². The number of hydrogen-bond acceptors (Lipinski definition) is 7. The SMILES string of the molecule is CCCNc1ncnc(NNC(=O)c2ccccc2F)c1[N+](=O)[O-]. The van der Waals surface area contributed by atoms with Crippen molar-refractivity contribution in [3.05, 3.63) is 52.1 Å². The molecule has 3 N–H and O–H groups in total. The van der Waals surface area contributed by atoms with Crippen LogP contribution in [-0.2, 0) is 0 Å². The second-order valence-electron chi connectivity index (χ2n) is 4.66. The Kier molecular flexibility index (Phi) is 5.55. The quantitative estimate of drug-likeness (QED) is 0.523. The zero-order valence-electron chi connectivity index (χ0n) is 12.7. The van der Waals surface area contributed by atoms with Crippen LogP contribution >= 0.6 is 0 Å². The molecule has 0 bridgehead atoms. The van der Waals surface area contributed by atoms with E-state index in [4.69, 9.17) is 0 Å². The van der Waals surface area contributed by atoms with E-state index in [1.54, 1.807) is 0 Å². The Morgan fingerprint density at radius 1 is 1.29 bits per heavy atom. The first-order valence-electron chi connectivity index (χ1n) is 7.08. The van der Waals surface area contributed by atoms with Gasteiger partial charge in [0.2, 0.25) is 11.6 Å². The molecule has 0 unspecified atom stereocenters. The van der Waals surface area contributed by atoms with E-state index in [0.29, 0.717) is 6.54 Å². The van der Waals surface area contributed by atoms with E-state index in [2.05, 4.69) is 26.1 Å². The smallest absolute Gasteiger partial charge is 0.354 e. The zero-order chi connectivity index (χ0) is 17.5. The first-order valence-corrected chi connectivity index (χ1v) is 7.08. The lowest BCUT2D eigenvalue weighted by molar-refractivity contribution is -0.383. The molecule has 2 rings (SSSR count). The highest BCUT2D eigenvalue weighted by Crippen LogP contribution is 2.28. The average molecular weight is 334 g/mol. The number of carbonyl (C=O) groups excluding carboxylic acids is 1. The standard InChI is InChI=1S/C14H15FN6O3/c1-2-7-16-12-11(21(23)24)13(18-8-17-12)19-20-14(22)9-5-3-4-6-10(9)15/h3-6,8H,2,7H2,1H3,(H,20,22)(H2,16,17,18,19). The van der Waals surface area contributed by atoms with Gasteiger partial charge in [0.1, 0.15) is 12.1 Å². The molecular weight excluding hydrogens is 319 g/mol. The summed E-state index contributed by atoms with van der Waals surface area (Å²) in [6.45, 7) is 2.38. The highest BCUT2D eigenvalue weighted by molar-refractivity contribution is 5.95. The van der Waals surface area contributed by atoms with Crippen LogP contribution in [0.25, 0.3) is 0 Å². The molecule has 0 aliphatic heterocycles. The van der Waals surface area contributed by atoms with Gasteiger partial charge < -0.3 is 5.32 Å². The number of benzene rings is 1. The third-order valence-corrected chi connectivity index (χ3v) is 2.96. The molecule has 0 atom stereocenters. The fourth-order valence-corrected chi connectivity index (χ4v) is 1.84. The first kappa shape index (κ1) is 17.1. The van der Waals surface area contributed by atoms with E-state index >= 15 is 0 Å². The number of halogens is 1. The maximum absolute atomic E-state index is 13.5. The molecule has 0 fully saturated rings. The summed E-state index contributed by atoms with van der Waals surface area (Å²) in [4.78, 5) is 30.1. The lowest BCUT2D eigenvalue weighted by Gasteiger charge is -2.10. The average Bonchev–Trinajstić information content (AvgIpc) is 2.57. The molecule has 0 aliphatic rings. The van der Waals surface area contributed by atoms with Gasteiger partial charge in [0, 0.05) is 6.54 Å². The van der Waals surface area contributed by atoms with Gasteiger partial charge in [-0.3, -0.25) is 25.8 Å². The minimum Gasteiger partial charge on any atom is -0.364 e. The van der Waals surface area contributed by atoms with Crippen LogP contribution in [0.4, 0.5) is 21.7 Å². The predicted octanol–water partition coefficient (Wildman–Crippen LogP) is 2.10. The molecule has 0 aliphatic carbocycles. The molecule has 0 saturated heterocycles. The van der Waals surface area contributed by atoms with Gasteiger partial charge in [-0.05, 0) is 18.6 Å². The van der Waals surface area contributed by atoms with Crippen molar-refractivity contribution in [2.45, 2.75) is 13.3 Å². The van der Waals surface area contributed by atoms with Gasteiger partial charge in [0.15, 0.2) is 0 Å². The summed E-state index contributed by atoms with van der Waals surface area (Å²) in [5, 5.41) is 14.1. The van der Waals surface area contributed by atoms with E-state index in [0.717, 1.165) is 18.8 Å². The summed E-state index contributed by atoms with van der Waals surface area (Å²) < 4.78 is 13.5. The lowest BCUT2D eigenvalue weighted by atomic mass is 10.2. The lowest BCUT2D eigenvalue weighted by Crippen LogP contribution is -2.31. The molecule has 0 spiro atoms. The summed E-state index contributed by atoms with van der Waals surface area (Å²) in [5.41, 5.74) is 3.90. The van der Waals surface area contributed by atoms with Crippen LogP contribution < -0.4 is 16.2 Å². The molecule has 0 radical (unpaired) electrons. The number of nitrogens with one attached hydrogen (secondary N) is 3. The third kappa shape index (κ3) is 3.91. The Hall–Kier alpha value is -3.30. The number of hydrogen-bond donors (Lipinski definition) is 3. The Bertz CT molecular complexity index is 755. The van der Waals surface area contributed by atoms with Crippen molar-refractivity contribution < 1.29 is 14.1 Å². The number of nitrogens with zero attached hydrogens (tertiary/aromatic N) is 3. The van der Waals surface area contributed by atoms with E-state index < -0.39 is 22.3 Å². The maximum atomic E-state index is 13.5. The molecule has 1 aromatic carbocycles. The van der Waals surface area contributed by atoms with Gasteiger partial charge in [-0.25, -0.2) is 14.4 Å². The number of carbonyl (C=O) groups is 1. The molecule has 1 aromatic heterocycles. The summed E-state index contributed by atoms with van der Waals surface area (Å²) in [6, 6.07) is 5.36. The van der Waals surface area contributed by atoms with Crippen LogP contribution in [-0.4, -0.2) is 27.3 Å². The largest absolute Gasteiger partial charge is 0.364 e. The van der Waals surface area contributed by atoms with Gasteiger partial charge in [-0.15, -0.1) is 0 Å². The van der Waals surface area contributed by atoms with Crippen molar-refractivity contribution in [3.8, 4) is 0 Å². The number of amides is 1. The maximum Gasteiger partial charge on any atom is 0.354 e. The fraction of sp³-hybridized carbons (Fsp3) is 0.214. The molecule has 1 heterocycles. The van der Waals surface area contributed by atoms with E-state index in [-0.39, 0.29) is 17.2 Å². The number of nitro groups is 1. The molecule has 2 aromatic rings. The van der Waals surface area contributed by atoms with E-state index in [1.807, 2.05) is 6.92 Å². The predicted molar refractivity (Wildman–Crippen MR) is 85.0 cm³/mol. The van der Waals surface area contributed by atoms with Crippen LogP contribution in [0.1, 0.15) is 23.7 Å². The van der Waals surface area contributed by atoms with Crippen molar-refractivity contribution in [1.29, 1.82) is 0 Å². The number of anilines is 2. The summed E-state index contributed by atoms with van der Waals surface area (Å²) in [6.07, 6.45) is 1.86. The fourth-order valence-electron chi connectivity index (χ4n) is 1.84. The van der Waals surface area contributed by atoms with Crippen molar-refractivity contribution in [2.75, 3.05) is 17.3 Å². The van der Waals surface area contributed by atoms with Crippen molar-refractivity contribution >= 4 is 23.2 Å². The van der Waals surface area contributed by atoms with Crippen LogP contribution in [0.5, 0.6) is 0 Å². The minimum atomic E-state index is -0.788. The van der Waals surface area contributed by atoms with Gasteiger partial charge >= 0.3 is 5.69 Å². The number of aromatic nitrogens is 2. The monoisotopic (exact) mass is 334 g/mol. The van der Waals surface area contributed by atoms with Crippen molar-refractivity contribution in [1.82, 2.24) is 15.4 Å². The summed E-state index contributed by atoms with van der Waals surface area (Å²) in [7, 11) is 0. The second-order valence-corrected chi connectivity index (χ2v) is 4.66. The number of hydrazine groups is 1. The Morgan fingerprint density at radius 3 is 2.67 bits per heavy atom. The molecule has 10 heteroatoms. The van der Waals surface area contributed by atoms with Crippen molar-refractivity contribution in [3.63, 3.8) is 0 Å². The van der Waals surface area contributed by atoms with E-state index in [9.17, 15) is 19.3 Å². The molecular formula is C14H15FN6O3. The third-order valence-electron chi connectivity index (χ3n) is 2.96. The van der Waals surface area contributed by atoms with Gasteiger partial charge in [-0.1, -0.05) is 19.1 Å². The van der Waals surface area contributed by atoms with Crippen LogP contribution in [0.15, 0.2) is 30.6 Å². The second kappa shape index (κ2) is 7.81. The normalized spacial score (nSPS) is 10.1. The van der Waals surface area contributed by atoms with E-state index in [1.165, 1.54) is 18.2 Å². The molecule has 9 nitrogen and oxygen atoms in total. The summed E-state index contributed by atoms with van der Waals surface area (Å²) >= 11 is 0. The van der Waals surface area contributed by atoms with Crippen LogP contribution in [0, 0.1) is 15.9 Å². The highest BCUT2D eigenvalue weighted by Gasteiger charge is 2.23. The minimum absolute atomic E-state index is 0.0273. The van der Waals surface area contributed by atoms with Gasteiger partial charge in [-0.2, -0.15) is 0 Å². The van der Waals surface area contributed by atoms with Crippen molar-refractivity contribution in [2.24, 2.45) is 0 Å². The summed E-state index contributed by atoms with van der Waals surface area (Å²) in [5.74, 6) is -1.68. The first-order chi connectivity index (χ1) is 11.5. The molecule has 24 heavy (non-hydrogen) atoms. The number of rotatable bonds is 7. The van der Waals surface area contributed by atoms with Gasteiger partial charge in [0.05, 0.1) is 10.5 Å². The molecule has 1 amide bonds. The van der Waals surface area contributed by atoms with Gasteiger partial charge in [0.25, 0.3) is 5.91 Å². The molecule has 126 valence electrons. The molecule has 0 saturated carbocycles. The highest BCUT2D eigenvalue weighted by atomic mass is 19.1. The Morgan fingerprint density at radius 2 is 2.00 bits per heavy atom. The zero-order valence-corrected chi connectivity index (χ0v) is 12.7. The van der Waals surface area contributed by atoms with Crippen LogP contribution in [0.2, 0.25) is 0 Å². The van der Waals surface area contributed by atoms with Crippen LogP contribution in [0.3, 0.4) is 0 Å². The Labute approximate surface area is 136 Å². The Balaban J connectivity index is 2.19.